The van der Waals surface area contributed by atoms with Crippen LogP contribution in [0.3, 0.4) is 0 Å². The van der Waals surface area contributed by atoms with E-state index >= 15 is 0 Å². The molecule has 0 aromatic rings. The van der Waals surface area contributed by atoms with Crippen LogP contribution < -0.4 is 5.32 Å². The molecule has 1 aliphatic rings. The highest BCUT2D eigenvalue weighted by Gasteiger charge is 2.07. The van der Waals surface area contributed by atoms with Gasteiger partial charge in [0.1, 0.15) is 0 Å². The van der Waals surface area contributed by atoms with E-state index in [2.05, 4.69) is 12.2 Å². The molecule has 0 aliphatic heterocycles. The summed E-state index contributed by atoms with van der Waals surface area (Å²) in [6.07, 6.45) is 8.93. The molecule has 2 nitrogen and oxygen atoms in total. The maximum absolute atomic E-state index is 9.97. The van der Waals surface area contributed by atoms with Gasteiger partial charge < -0.3 is 5.32 Å². The van der Waals surface area contributed by atoms with Crippen molar-refractivity contribution in [3.8, 4) is 0 Å². The zero-order chi connectivity index (χ0) is 10.8. The highest BCUT2D eigenvalue weighted by atomic mass is 35.5. The molecule has 0 atom stereocenters. The quantitative estimate of drug-likeness (QED) is 0.582. The van der Waals surface area contributed by atoms with Crippen molar-refractivity contribution < 1.29 is 4.79 Å². The van der Waals surface area contributed by atoms with E-state index in [0.29, 0.717) is 6.54 Å². The maximum atomic E-state index is 9.97. The molecule has 0 saturated heterocycles. The Balaban J connectivity index is 0.000000249. The van der Waals surface area contributed by atoms with Gasteiger partial charge in [0.15, 0.2) is 0 Å². The van der Waals surface area contributed by atoms with Gasteiger partial charge in [-0.3, -0.25) is 4.79 Å². The van der Waals surface area contributed by atoms with Gasteiger partial charge in [-0.25, -0.2) is 0 Å². The molecule has 1 aliphatic carbocycles. The van der Waals surface area contributed by atoms with Crippen molar-refractivity contribution in [2.45, 2.75) is 32.6 Å². The van der Waals surface area contributed by atoms with E-state index < -0.39 is 5.24 Å². The van der Waals surface area contributed by atoms with E-state index in [9.17, 15) is 4.79 Å². The van der Waals surface area contributed by atoms with Gasteiger partial charge >= 0.3 is 0 Å². The molecule has 14 heavy (non-hydrogen) atoms. The lowest BCUT2D eigenvalue weighted by Crippen LogP contribution is -2.04. The predicted octanol–water partition coefficient (Wildman–Crippen LogP) is 2.72. The summed E-state index contributed by atoms with van der Waals surface area (Å²) >= 11 is 4.96. The Morgan fingerprint density at radius 1 is 1.50 bits per heavy atom. The van der Waals surface area contributed by atoms with E-state index in [1.165, 1.54) is 31.8 Å². The molecule has 1 rings (SSSR count). The van der Waals surface area contributed by atoms with E-state index in [-0.39, 0.29) is 0 Å². The van der Waals surface area contributed by atoms with E-state index in [0.717, 1.165) is 5.92 Å². The number of hydrogen-bond donors (Lipinski definition) is 1. The van der Waals surface area contributed by atoms with Crippen LogP contribution in [0.15, 0.2) is 12.2 Å². The van der Waals surface area contributed by atoms with Crippen molar-refractivity contribution in [1.29, 1.82) is 0 Å². The van der Waals surface area contributed by atoms with Crippen LogP contribution in [0.2, 0.25) is 0 Å². The molecule has 1 saturated carbocycles. The van der Waals surface area contributed by atoms with Gasteiger partial charge in [0.25, 0.3) is 0 Å². The summed E-state index contributed by atoms with van der Waals surface area (Å²) < 4.78 is 0. The molecule has 0 heterocycles. The minimum absolute atomic E-state index is 0.430. The fourth-order valence-electron chi connectivity index (χ4n) is 1.40. The highest BCUT2D eigenvalue weighted by molar-refractivity contribution is 6.66. The molecule has 0 aromatic heterocycles. The lowest BCUT2D eigenvalue weighted by atomic mass is 10.2. The summed E-state index contributed by atoms with van der Waals surface area (Å²) in [6.45, 7) is 3.02. The minimum atomic E-state index is -0.430. The van der Waals surface area contributed by atoms with Crippen LogP contribution in [0.25, 0.3) is 0 Å². The average molecular weight is 218 g/mol. The smallest absolute Gasteiger partial charge is 0.244 e. The molecule has 0 spiro atoms. The normalized spacial score (nSPS) is 16.8. The van der Waals surface area contributed by atoms with Crippen LogP contribution in [-0.4, -0.2) is 18.8 Å². The number of carbonyl (C=O) groups excluding carboxylic acids is 1. The summed E-state index contributed by atoms with van der Waals surface area (Å²) in [5.74, 6) is 1.05. The third kappa shape index (κ3) is 9.75. The van der Waals surface area contributed by atoms with E-state index in [4.69, 9.17) is 11.6 Å². The molecule has 1 N–H and O–H groups in total. The van der Waals surface area contributed by atoms with Gasteiger partial charge in [-0.05, 0) is 30.6 Å². The van der Waals surface area contributed by atoms with Gasteiger partial charge in [-0.15, -0.1) is 0 Å². The second-order valence-electron chi connectivity index (χ2n) is 3.65. The van der Waals surface area contributed by atoms with E-state index in [1.807, 2.05) is 0 Å². The average Bonchev–Trinajstić information content (AvgIpc) is 2.57. The van der Waals surface area contributed by atoms with Crippen molar-refractivity contribution in [1.82, 2.24) is 5.32 Å². The van der Waals surface area contributed by atoms with Gasteiger partial charge in [-0.2, -0.15) is 0 Å². The SMILES string of the molecule is CC1CCCC1.CNC/C=C/C(=O)Cl. The van der Waals surface area contributed by atoms with Crippen molar-refractivity contribution in [2.75, 3.05) is 13.6 Å². The Hall–Kier alpha value is -0.340. The zero-order valence-electron chi connectivity index (χ0n) is 9.05. The lowest BCUT2D eigenvalue weighted by Gasteiger charge is -1.91. The number of nitrogens with one attached hydrogen (secondary N) is 1. The Labute approximate surface area is 91.7 Å². The Morgan fingerprint density at radius 2 is 2.07 bits per heavy atom. The van der Waals surface area contributed by atoms with Gasteiger partial charge in [0.2, 0.25) is 5.24 Å². The summed E-state index contributed by atoms with van der Waals surface area (Å²) in [5, 5.41) is 2.40. The fourth-order valence-corrected chi connectivity index (χ4v) is 1.49. The molecule has 1 fully saturated rings. The molecule has 0 aromatic carbocycles. The lowest BCUT2D eigenvalue weighted by molar-refractivity contribution is -0.107. The number of rotatable bonds is 3. The monoisotopic (exact) mass is 217 g/mol. The Kier molecular flexibility index (Phi) is 9.00. The summed E-state index contributed by atoms with van der Waals surface area (Å²) in [4.78, 5) is 9.97. The van der Waals surface area contributed by atoms with E-state index in [1.54, 1.807) is 13.1 Å². The van der Waals surface area contributed by atoms with Crippen molar-refractivity contribution >= 4 is 16.8 Å². The number of halogens is 1. The first-order chi connectivity index (χ1) is 6.66. The third-order valence-corrected chi connectivity index (χ3v) is 2.34. The van der Waals surface area contributed by atoms with Gasteiger partial charge in [-0.1, -0.05) is 38.7 Å². The first kappa shape index (κ1) is 13.7. The highest BCUT2D eigenvalue weighted by Crippen LogP contribution is 2.22. The van der Waals surface area contributed by atoms with Crippen molar-refractivity contribution in [3.05, 3.63) is 12.2 Å². The molecule has 0 bridgehead atoms. The zero-order valence-corrected chi connectivity index (χ0v) is 9.81. The van der Waals surface area contributed by atoms with Crippen LogP contribution in [-0.2, 0) is 4.79 Å². The number of allylic oxidation sites excluding steroid dienone is 1. The number of hydrogen-bond acceptors (Lipinski definition) is 2. The second-order valence-corrected chi connectivity index (χ2v) is 4.03. The Bertz CT molecular complexity index is 174. The fraction of sp³-hybridized carbons (Fsp3) is 0.727. The predicted molar refractivity (Wildman–Crippen MR) is 61.6 cm³/mol. The molecule has 0 amide bonds. The molecular weight excluding hydrogens is 198 g/mol. The van der Waals surface area contributed by atoms with Crippen LogP contribution in [0.1, 0.15) is 32.6 Å². The first-order valence-electron chi connectivity index (χ1n) is 5.17. The standard InChI is InChI=1S/C6H12.C5H8ClNO/c1-6-4-2-3-5-6;1-7-4-2-3-5(6)8/h6H,2-5H2,1H3;2-3,7H,4H2,1H3/b;3-2+. The first-order valence-corrected chi connectivity index (χ1v) is 5.55. The molecular formula is C11H20ClNO. The van der Waals surface area contributed by atoms with Gasteiger partial charge in [0.05, 0.1) is 0 Å². The molecule has 3 heteroatoms. The molecule has 0 radical (unpaired) electrons. The Morgan fingerprint density at radius 3 is 2.36 bits per heavy atom. The molecule has 0 unspecified atom stereocenters. The molecule has 82 valence electrons. The third-order valence-electron chi connectivity index (χ3n) is 2.21. The summed E-state index contributed by atoms with van der Waals surface area (Å²) in [5.41, 5.74) is 0. The number of carbonyl (C=O) groups is 1. The van der Waals surface area contributed by atoms with Crippen molar-refractivity contribution in [3.63, 3.8) is 0 Å². The topological polar surface area (TPSA) is 29.1 Å². The van der Waals surface area contributed by atoms with Crippen LogP contribution >= 0.6 is 11.6 Å². The summed E-state index contributed by atoms with van der Waals surface area (Å²) in [7, 11) is 1.79. The van der Waals surface area contributed by atoms with Crippen LogP contribution in [0.4, 0.5) is 0 Å². The maximum Gasteiger partial charge on any atom is 0.244 e. The summed E-state index contributed by atoms with van der Waals surface area (Å²) in [6, 6.07) is 0. The van der Waals surface area contributed by atoms with Crippen LogP contribution in [0, 0.1) is 5.92 Å². The second kappa shape index (κ2) is 9.22. The van der Waals surface area contributed by atoms with Crippen molar-refractivity contribution in [2.24, 2.45) is 5.92 Å². The largest absolute Gasteiger partial charge is 0.316 e. The van der Waals surface area contributed by atoms with Crippen LogP contribution in [0.5, 0.6) is 0 Å². The minimum Gasteiger partial charge on any atom is -0.316 e. The number of likely N-dealkylation sites (N-methyl/N-ethyl adjacent to an activating group) is 1. The van der Waals surface area contributed by atoms with Gasteiger partial charge in [0, 0.05) is 6.54 Å².